The second kappa shape index (κ2) is 5.02. The topological polar surface area (TPSA) is 46.2 Å². The van der Waals surface area contributed by atoms with E-state index in [2.05, 4.69) is 0 Å². The van der Waals surface area contributed by atoms with E-state index in [4.69, 9.17) is 10.8 Å². The van der Waals surface area contributed by atoms with Crippen LogP contribution in [0.25, 0.3) is 0 Å². The molecule has 1 aromatic rings. The van der Waals surface area contributed by atoms with E-state index in [9.17, 15) is 8.78 Å². The third-order valence-electron chi connectivity index (χ3n) is 1.73. The monoisotopic (exact) mass is 243 g/mol. The summed E-state index contributed by atoms with van der Waals surface area (Å²) < 4.78 is 25.7. The van der Waals surface area contributed by atoms with E-state index in [1.54, 1.807) is 12.1 Å². The minimum absolute atomic E-state index is 0. The highest BCUT2D eigenvalue weighted by Crippen LogP contribution is 2.32. The molecule has 3 N–H and O–H groups in total. The Bertz CT molecular complexity index is 293. The lowest BCUT2D eigenvalue weighted by Gasteiger charge is -2.19. The lowest BCUT2D eigenvalue weighted by molar-refractivity contribution is -0.0703. The van der Waals surface area contributed by atoms with Crippen LogP contribution in [-0.4, -0.2) is 17.6 Å². The van der Waals surface area contributed by atoms with Gasteiger partial charge in [0.2, 0.25) is 0 Å². The molecule has 1 heterocycles. The quantitative estimate of drug-likeness (QED) is 0.854. The molecule has 1 rings (SSSR count). The van der Waals surface area contributed by atoms with Crippen LogP contribution in [0.4, 0.5) is 8.78 Å². The number of hydrogen-bond donors (Lipinski definition) is 2. The van der Waals surface area contributed by atoms with E-state index in [0.717, 1.165) is 4.88 Å². The van der Waals surface area contributed by atoms with Gasteiger partial charge in [0.15, 0.2) is 0 Å². The van der Waals surface area contributed by atoms with Crippen molar-refractivity contribution in [3.8, 4) is 0 Å². The number of aliphatic hydroxyl groups is 1. The van der Waals surface area contributed by atoms with Crippen LogP contribution in [0.2, 0.25) is 0 Å². The van der Waals surface area contributed by atoms with Crippen molar-refractivity contribution in [1.82, 2.24) is 0 Å². The Morgan fingerprint density at radius 3 is 2.50 bits per heavy atom. The minimum Gasteiger partial charge on any atom is -0.390 e. The van der Waals surface area contributed by atoms with Crippen molar-refractivity contribution >= 4 is 23.7 Å². The molecule has 14 heavy (non-hydrogen) atoms. The fraction of sp³-hybridized carbons (Fsp3) is 0.500. The van der Waals surface area contributed by atoms with Crippen LogP contribution in [0.15, 0.2) is 12.1 Å². The number of rotatable bonds is 3. The van der Waals surface area contributed by atoms with E-state index in [1.807, 2.05) is 6.92 Å². The summed E-state index contributed by atoms with van der Waals surface area (Å²) in [5.74, 6) is -3.24. The molecule has 0 aliphatic carbocycles. The minimum atomic E-state index is -3.24. The van der Waals surface area contributed by atoms with Crippen LogP contribution < -0.4 is 5.73 Å². The maximum atomic E-state index is 12.9. The first-order chi connectivity index (χ1) is 5.97. The Kier molecular flexibility index (Phi) is 4.94. The number of aliphatic hydroxyl groups excluding tert-OH is 1. The molecular formula is C8H12ClF2NOS. The summed E-state index contributed by atoms with van der Waals surface area (Å²) in [5.41, 5.74) is 5.30. The smallest absolute Gasteiger partial charge is 0.290 e. The van der Waals surface area contributed by atoms with Crippen molar-refractivity contribution in [2.24, 2.45) is 5.73 Å². The average molecular weight is 244 g/mol. The second-order valence-electron chi connectivity index (χ2n) is 2.85. The number of aryl methyl sites for hydroxylation is 1. The van der Waals surface area contributed by atoms with Gasteiger partial charge in [-0.1, -0.05) is 0 Å². The maximum absolute atomic E-state index is 12.9. The third kappa shape index (κ3) is 2.88. The fourth-order valence-corrected chi connectivity index (χ4v) is 1.87. The van der Waals surface area contributed by atoms with Gasteiger partial charge in [0, 0.05) is 9.75 Å². The van der Waals surface area contributed by atoms with Gasteiger partial charge in [-0.2, -0.15) is 0 Å². The van der Waals surface area contributed by atoms with Crippen molar-refractivity contribution in [2.75, 3.05) is 6.61 Å². The van der Waals surface area contributed by atoms with Gasteiger partial charge in [-0.3, -0.25) is 0 Å². The SMILES string of the molecule is Cc1ccc([C@H](N)C(F)(F)CO)s1.Cl. The lowest BCUT2D eigenvalue weighted by Crippen LogP contribution is -2.35. The van der Waals surface area contributed by atoms with Gasteiger partial charge in [0.25, 0.3) is 5.92 Å². The predicted molar refractivity (Wildman–Crippen MR) is 55.3 cm³/mol. The van der Waals surface area contributed by atoms with Crippen LogP contribution in [0.1, 0.15) is 15.8 Å². The van der Waals surface area contributed by atoms with Crippen LogP contribution in [-0.2, 0) is 0 Å². The third-order valence-corrected chi connectivity index (χ3v) is 2.82. The molecule has 82 valence electrons. The summed E-state index contributed by atoms with van der Waals surface area (Å²) in [6.07, 6.45) is 0. The summed E-state index contributed by atoms with van der Waals surface area (Å²) in [5, 5.41) is 8.41. The molecule has 0 saturated carbocycles. The normalized spacial score (nSPS) is 13.5. The number of hydrogen-bond acceptors (Lipinski definition) is 3. The van der Waals surface area contributed by atoms with Gasteiger partial charge in [-0.25, -0.2) is 8.78 Å². The van der Waals surface area contributed by atoms with Crippen molar-refractivity contribution < 1.29 is 13.9 Å². The molecular weight excluding hydrogens is 232 g/mol. The van der Waals surface area contributed by atoms with Crippen LogP contribution in [0.5, 0.6) is 0 Å². The van der Waals surface area contributed by atoms with Crippen LogP contribution in [0, 0.1) is 6.92 Å². The zero-order valence-corrected chi connectivity index (χ0v) is 9.17. The Labute approximate surface area is 91.1 Å². The average Bonchev–Trinajstić information content (AvgIpc) is 2.50. The molecule has 0 fully saturated rings. The number of halogens is 3. The molecule has 0 bridgehead atoms. The molecule has 2 nitrogen and oxygen atoms in total. The predicted octanol–water partition coefficient (Wildman–Crippen LogP) is 2.11. The molecule has 1 atom stereocenters. The Morgan fingerprint density at radius 2 is 2.14 bits per heavy atom. The van der Waals surface area contributed by atoms with Gasteiger partial charge in [-0.15, -0.1) is 23.7 Å². The van der Waals surface area contributed by atoms with Crippen molar-refractivity contribution in [2.45, 2.75) is 18.9 Å². The first-order valence-electron chi connectivity index (χ1n) is 3.78. The maximum Gasteiger partial charge on any atom is 0.290 e. The van der Waals surface area contributed by atoms with E-state index in [0.29, 0.717) is 4.88 Å². The molecule has 0 saturated heterocycles. The molecule has 0 spiro atoms. The van der Waals surface area contributed by atoms with Crippen molar-refractivity contribution in [3.63, 3.8) is 0 Å². The van der Waals surface area contributed by atoms with Crippen LogP contribution in [0.3, 0.4) is 0 Å². The van der Waals surface area contributed by atoms with Gasteiger partial charge in [0.05, 0.1) is 0 Å². The fourth-order valence-electron chi connectivity index (χ4n) is 0.927. The standard InChI is InChI=1S/C8H11F2NOS.ClH/c1-5-2-3-6(13-5)7(11)8(9,10)4-12;/h2-3,7,12H,4,11H2,1H3;1H/t7-;/m0./s1. The van der Waals surface area contributed by atoms with Gasteiger partial charge in [0.1, 0.15) is 12.6 Å². The summed E-state index contributed by atoms with van der Waals surface area (Å²) in [6.45, 7) is 0.600. The second-order valence-corrected chi connectivity index (χ2v) is 4.16. The first-order valence-corrected chi connectivity index (χ1v) is 4.59. The van der Waals surface area contributed by atoms with E-state index in [-0.39, 0.29) is 12.4 Å². The summed E-state index contributed by atoms with van der Waals surface area (Å²) >= 11 is 1.22. The van der Waals surface area contributed by atoms with Crippen LogP contribution >= 0.6 is 23.7 Å². The van der Waals surface area contributed by atoms with E-state index in [1.165, 1.54) is 11.3 Å². The Morgan fingerprint density at radius 1 is 1.57 bits per heavy atom. The van der Waals surface area contributed by atoms with Crippen molar-refractivity contribution in [3.05, 3.63) is 21.9 Å². The molecule has 1 aromatic heterocycles. The molecule has 6 heteroatoms. The first kappa shape index (κ1) is 13.8. The lowest BCUT2D eigenvalue weighted by atomic mass is 10.1. The zero-order chi connectivity index (χ0) is 10.1. The summed E-state index contributed by atoms with van der Waals surface area (Å²) in [6, 6.07) is 1.89. The highest BCUT2D eigenvalue weighted by atomic mass is 35.5. The van der Waals surface area contributed by atoms with Gasteiger partial charge < -0.3 is 10.8 Å². The van der Waals surface area contributed by atoms with E-state index < -0.39 is 18.6 Å². The molecule has 0 radical (unpaired) electrons. The molecule has 0 aliphatic rings. The highest BCUT2D eigenvalue weighted by Gasteiger charge is 2.37. The largest absolute Gasteiger partial charge is 0.390 e. The summed E-state index contributed by atoms with van der Waals surface area (Å²) in [7, 11) is 0. The molecule has 0 aromatic carbocycles. The molecule has 0 amide bonds. The van der Waals surface area contributed by atoms with Crippen molar-refractivity contribution in [1.29, 1.82) is 0 Å². The molecule has 0 unspecified atom stereocenters. The zero-order valence-electron chi connectivity index (χ0n) is 7.54. The summed E-state index contributed by atoms with van der Waals surface area (Å²) in [4.78, 5) is 1.33. The highest BCUT2D eigenvalue weighted by molar-refractivity contribution is 7.12. The van der Waals surface area contributed by atoms with Gasteiger partial charge >= 0.3 is 0 Å². The Hall–Kier alpha value is -0.230. The van der Waals surface area contributed by atoms with Gasteiger partial charge in [-0.05, 0) is 19.1 Å². The van der Waals surface area contributed by atoms with E-state index >= 15 is 0 Å². The number of alkyl halides is 2. The molecule has 0 aliphatic heterocycles. The number of thiophene rings is 1. The number of nitrogens with two attached hydrogens (primary N) is 1. The Balaban J connectivity index is 0.00000169.